The summed E-state index contributed by atoms with van der Waals surface area (Å²) in [6.07, 6.45) is 0. The van der Waals surface area contributed by atoms with E-state index in [1.165, 1.54) is 12.1 Å². The fraction of sp³-hybridized carbons (Fsp3) is 0.154. The molecule has 1 aromatic heterocycles. The van der Waals surface area contributed by atoms with Crippen LogP contribution in [0.15, 0.2) is 30.3 Å². The molecule has 98 valence electrons. The highest BCUT2D eigenvalue weighted by molar-refractivity contribution is 6.03. The first kappa shape index (κ1) is 12.9. The Morgan fingerprint density at radius 2 is 2.00 bits per heavy atom. The molecule has 2 N–H and O–H groups in total. The third kappa shape index (κ3) is 3.04. The number of nitrogens with one attached hydrogen (secondary N) is 2. The minimum absolute atomic E-state index is 0.169. The lowest BCUT2D eigenvalue weighted by atomic mass is 10.2. The smallest absolute Gasteiger partial charge is 0.276 e. The highest BCUT2D eigenvalue weighted by Crippen LogP contribution is 2.16. The summed E-state index contributed by atoms with van der Waals surface area (Å²) >= 11 is 0. The van der Waals surface area contributed by atoms with Gasteiger partial charge in [-0.1, -0.05) is 6.07 Å². The van der Waals surface area contributed by atoms with Crippen molar-refractivity contribution < 1.29 is 9.18 Å². The van der Waals surface area contributed by atoms with E-state index < -0.39 is 11.7 Å². The summed E-state index contributed by atoms with van der Waals surface area (Å²) in [5, 5.41) is 13.0. The molecule has 0 radical (unpaired) electrons. The van der Waals surface area contributed by atoms with Crippen LogP contribution in [0.3, 0.4) is 0 Å². The zero-order valence-corrected chi connectivity index (χ0v) is 10.6. The zero-order valence-electron chi connectivity index (χ0n) is 10.6. The van der Waals surface area contributed by atoms with E-state index in [0.29, 0.717) is 11.5 Å². The van der Waals surface area contributed by atoms with Gasteiger partial charge in [0.25, 0.3) is 5.91 Å². The molecule has 0 aliphatic carbocycles. The fourth-order valence-corrected chi connectivity index (χ4v) is 1.50. The Balaban J connectivity index is 2.18. The molecule has 1 aromatic carbocycles. The quantitative estimate of drug-likeness (QED) is 0.888. The number of rotatable bonds is 3. The summed E-state index contributed by atoms with van der Waals surface area (Å²) < 4.78 is 13.1. The van der Waals surface area contributed by atoms with E-state index in [0.717, 1.165) is 5.56 Å². The van der Waals surface area contributed by atoms with Crippen molar-refractivity contribution in [2.24, 2.45) is 0 Å². The maximum Gasteiger partial charge on any atom is 0.276 e. The Hall–Kier alpha value is -2.50. The number of hydrogen-bond acceptors (Lipinski definition) is 4. The number of nitrogens with zero attached hydrogens (tertiary/aromatic N) is 2. The molecule has 0 saturated carbocycles. The van der Waals surface area contributed by atoms with Crippen molar-refractivity contribution in [2.75, 3.05) is 17.7 Å². The molecule has 1 amide bonds. The number of carbonyl (C=O) groups excluding carboxylic acids is 1. The van der Waals surface area contributed by atoms with E-state index in [-0.39, 0.29) is 5.69 Å². The number of benzene rings is 1. The molecule has 0 atom stereocenters. The van der Waals surface area contributed by atoms with Gasteiger partial charge in [0.2, 0.25) is 0 Å². The van der Waals surface area contributed by atoms with E-state index >= 15 is 0 Å². The summed E-state index contributed by atoms with van der Waals surface area (Å²) in [5.74, 6) is -0.264. The number of aryl methyl sites for hydroxylation is 1. The largest absolute Gasteiger partial charge is 0.372 e. The van der Waals surface area contributed by atoms with Gasteiger partial charge >= 0.3 is 0 Å². The highest BCUT2D eigenvalue weighted by Gasteiger charge is 2.10. The van der Waals surface area contributed by atoms with Gasteiger partial charge in [-0.3, -0.25) is 4.79 Å². The van der Waals surface area contributed by atoms with Gasteiger partial charge < -0.3 is 10.6 Å². The van der Waals surface area contributed by atoms with Crippen LogP contribution >= 0.6 is 0 Å². The molecular formula is C13H13FN4O. The zero-order chi connectivity index (χ0) is 13.8. The molecule has 0 unspecified atom stereocenters. The molecule has 0 aliphatic rings. The maximum absolute atomic E-state index is 13.1. The molecular weight excluding hydrogens is 247 g/mol. The Morgan fingerprint density at radius 1 is 1.21 bits per heavy atom. The second-order valence-electron chi connectivity index (χ2n) is 3.97. The van der Waals surface area contributed by atoms with Crippen LogP contribution in [0.1, 0.15) is 16.1 Å². The topological polar surface area (TPSA) is 66.9 Å². The summed E-state index contributed by atoms with van der Waals surface area (Å²) in [7, 11) is 1.71. The van der Waals surface area contributed by atoms with Gasteiger partial charge in [-0.25, -0.2) is 4.39 Å². The van der Waals surface area contributed by atoms with Gasteiger partial charge in [-0.05, 0) is 36.8 Å². The van der Waals surface area contributed by atoms with Crippen LogP contribution < -0.4 is 10.6 Å². The summed E-state index contributed by atoms with van der Waals surface area (Å²) in [5.41, 5.74) is 1.36. The maximum atomic E-state index is 13.1. The predicted molar refractivity (Wildman–Crippen MR) is 70.7 cm³/mol. The number of amides is 1. The van der Waals surface area contributed by atoms with Crippen molar-refractivity contribution in [2.45, 2.75) is 6.92 Å². The van der Waals surface area contributed by atoms with Crippen LogP contribution in [-0.2, 0) is 0 Å². The standard InChI is InChI=1S/C13H13FN4O/c1-8-3-4-9(14)7-11(8)16-13(19)10-5-6-12(15-2)18-17-10/h3-7H,1-2H3,(H,15,18)(H,16,19). The molecule has 2 rings (SSSR count). The van der Waals surface area contributed by atoms with E-state index in [1.807, 2.05) is 0 Å². The van der Waals surface area contributed by atoms with Crippen LogP contribution in [0.2, 0.25) is 0 Å². The van der Waals surface area contributed by atoms with Crippen molar-refractivity contribution in [1.29, 1.82) is 0 Å². The Labute approximate surface area is 109 Å². The summed E-state index contributed by atoms with van der Waals surface area (Å²) in [4.78, 5) is 11.9. The number of anilines is 2. The Morgan fingerprint density at radius 3 is 2.63 bits per heavy atom. The minimum Gasteiger partial charge on any atom is -0.372 e. The first-order chi connectivity index (χ1) is 9.10. The summed E-state index contributed by atoms with van der Waals surface area (Å²) in [6.45, 7) is 1.78. The third-order valence-corrected chi connectivity index (χ3v) is 2.60. The van der Waals surface area contributed by atoms with Crippen molar-refractivity contribution in [1.82, 2.24) is 10.2 Å². The molecule has 5 nitrogen and oxygen atoms in total. The third-order valence-electron chi connectivity index (χ3n) is 2.60. The van der Waals surface area contributed by atoms with Gasteiger partial charge in [-0.15, -0.1) is 10.2 Å². The van der Waals surface area contributed by atoms with E-state index in [4.69, 9.17) is 0 Å². The van der Waals surface area contributed by atoms with Crippen LogP contribution in [-0.4, -0.2) is 23.2 Å². The average Bonchev–Trinajstić information content (AvgIpc) is 2.43. The van der Waals surface area contributed by atoms with Crippen molar-refractivity contribution in [3.05, 3.63) is 47.4 Å². The number of halogens is 1. The van der Waals surface area contributed by atoms with Crippen molar-refractivity contribution in [3.8, 4) is 0 Å². The van der Waals surface area contributed by atoms with Gasteiger partial charge in [0, 0.05) is 12.7 Å². The lowest BCUT2D eigenvalue weighted by molar-refractivity contribution is 0.102. The van der Waals surface area contributed by atoms with E-state index in [9.17, 15) is 9.18 Å². The molecule has 0 fully saturated rings. The predicted octanol–water partition coefficient (Wildman–Crippen LogP) is 2.22. The van der Waals surface area contributed by atoms with Crippen LogP contribution in [0.25, 0.3) is 0 Å². The lowest BCUT2D eigenvalue weighted by Crippen LogP contribution is -2.15. The summed E-state index contributed by atoms with van der Waals surface area (Å²) in [6, 6.07) is 7.39. The number of carbonyl (C=O) groups is 1. The first-order valence-electron chi connectivity index (χ1n) is 5.69. The van der Waals surface area contributed by atoms with E-state index in [1.54, 1.807) is 32.2 Å². The van der Waals surface area contributed by atoms with Crippen LogP contribution in [0.4, 0.5) is 15.9 Å². The second kappa shape index (κ2) is 5.43. The molecule has 0 aliphatic heterocycles. The Kier molecular flexibility index (Phi) is 3.70. The van der Waals surface area contributed by atoms with Crippen molar-refractivity contribution in [3.63, 3.8) is 0 Å². The Bertz CT molecular complexity index is 598. The lowest BCUT2D eigenvalue weighted by Gasteiger charge is -2.07. The second-order valence-corrected chi connectivity index (χ2v) is 3.97. The normalized spacial score (nSPS) is 10.1. The van der Waals surface area contributed by atoms with Gasteiger partial charge in [0.05, 0.1) is 0 Å². The van der Waals surface area contributed by atoms with Gasteiger partial charge in [0.15, 0.2) is 5.69 Å². The molecule has 19 heavy (non-hydrogen) atoms. The number of hydrogen-bond donors (Lipinski definition) is 2. The minimum atomic E-state index is -0.427. The highest BCUT2D eigenvalue weighted by atomic mass is 19.1. The average molecular weight is 260 g/mol. The number of aromatic nitrogens is 2. The molecule has 0 saturated heterocycles. The SMILES string of the molecule is CNc1ccc(C(=O)Nc2cc(F)ccc2C)nn1. The monoisotopic (exact) mass is 260 g/mol. The molecule has 0 spiro atoms. The first-order valence-corrected chi connectivity index (χ1v) is 5.69. The van der Waals surface area contributed by atoms with Crippen LogP contribution in [0.5, 0.6) is 0 Å². The fourth-order valence-electron chi connectivity index (χ4n) is 1.50. The van der Waals surface area contributed by atoms with Gasteiger partial charge in [0.1, 0.15) is 11.6 Å². The van der Waals surface area contributed by atoms with Gasteiger partial charge in [-0.2, -0.15) is 0 Å². The molecule has 6 heteroatoms. The molecule has 1 heterocycles. The van der Waals surface area contributed by atoms with Crippen molar-refractivity contribution >= 4 is 17.4 Å². The van der Waals surface area contributed by atoms with Crippen LogP contribution in [0, 0.1) is 12.7 Å². The molecule has 2 aromatic rings. The van der Waals surface area contributed by atoms with E-state index in [2.05, 4.69) is 20.8 Å². The molecule has 0 bridgehead atoms.